The fourth-order valence-electron chi connectivity index (χ4n) is 3.76. The second-order valence-electron chi connectivity index (χ2n) is 8.12. The van der Waals surface area contributed by atoms with Crippen LogP contribution in [0.5, 0.6) is 5.75 Å². The number of hydrogen-bond donors (Lipinski definition) is 2. The molecule has 0 saturated carbocycles. The molecule has 30 heavy (non-hydrogen) atoms. The summed E-state index contributed by atoms with van der Waals surface area (Å²) in [4.78, 5) is 11.5. The first kappa shape index (κ1) is 22.2. The maximum absolute atomic E-state index is 5.97. The van der Waals surface area contributed by atoms with E-state index in [1.807, 2.05) is 12.3 Å². The van der Waals surface area contributed by atoms with Crippen LogP contribution in [0.4, 0.5) is 0 Å². The SMILES string of the molecule is CCCCCCCCCCC1=N/C(=C/c2[nH]c(-c3ccc[nH]3)cc2OCCC)C=C1. The van der Waals surface area contributed by atoms with E-state index in [4.69, 9.17) is 9.73 Å². The summed E-state index contributed by atoms with van der Waals surface area (Å²) in [5, 5.41) is 0. The van der Waals surface area contributed by atoms with Crippen molar-refractivity contribution in [3.05, 3.63) is 47.9 Å². The first-order valence-corrected chi connectivity index (χ1v) is 11.8. The molecule has 162 valence electrons. The van der Waals surface area contributed by atoms with Crippen molar-refractivity contribution < 1.29 is 4.74 Å². The van der Waals surface area contributed by atoms with Gasteiger partial charge in [0.2, 0.25) is 0 Å². The fourth-order valence-corrected chi connectivity index (χ4v) is 3.76. The molecule has 0 unspecified atom stereocenters. The zero-order valence-electron chi connectivity index (χ0n) is 18.7. The number of H-pyrrole nitrogens is 2. The van der Waals surface area contributed by atoms with Gasteiger partial charge in [-0.15, -0.1) is 0 Å². The number of hydrogen-bond acceptors (Lipinski definition) is 2. The zero-order valence-corrected chi connectivity index (χ0v) is 18.7. The standard InChI is InChI=1S/C26H37N3O/c1-3-5-6-7-8-9-10-11-13-21-15-16-22(28-21)19-25-26(30-18-4-2)20-24(29-25)23-14-12-17-27-23/h12,14-17,19-20,27,29H,3-11,13,18H2,1-2H3/b22-19+. The highest BCUT2D eigenvalue weighted by atomic mass is 16.5. The Labute approximate surface area is 181 Å². The van der Waals surface area contributed by atoms with E-state index in [1.54, 1.807) is 0 Å². The average Bonchev–Trinajstić information content (AvgIpc) is 3.50. The van der Waals surface area contributed by atoms with Crippen molar-refractivity contribution in [2.45, 2.75) is 78.1 Å². The van der Waals surface area contributed by atoms with Crippen molar-refractivity contribution in [1.29, 1.82) is 0 Å². The van der Waals surface area contributed by atoms with E-state index in [1.165, 1.54) is 57.1 Å². The Bertz CT molecular complexity index is 840. The molecule has 0 fully saturated rings. The van der Waals surface area contributed by atoms with Crippen LogP contribution in [-0.4, -0.2) is 22.3 Å². The minimum atomic E-state index is 0.709. The number of aromatic nitrogens is 2. The Hall–Kier alpha value is -2.49. The number of allylic oxidation sites excluding steroid dienone is 2. The Balaban J connectivity index is 1.54. The van der Waals surface area contributed by atoms with Crippen molar-refractivity contribution in [2.75, 3.05) is 6.61 Å². The Kier molecular flexibility index (Phi) is 9.07. The van der Waals surface area contributed by atoms with Gasteiger partial charge in [0.25, 0.3) is 0 Å². The van der Waals surface area contributed by atoms with Crippen LogP contribution < -0.4 is 4.74 Å². The molecule has 2 aromatic rings. The number of nitrogens with one attached hydrogen (secondary N) is 2. The third-order valence-corrected chi connectivity index (χ3v) is 5.46. The van der Waals surface area contributed by atoms with E-state index < -0.39 is 0 Å². The van der Waals surface area contributed by atoms with Crippen LogP contribution in [0.15, 0.2) is 47.2 Å². The van der Waals surface area contributed by atoms with E-state index in [-0.39, 0.29) is 0 Å². The second-order valence-corrected chi connectivity index (χ2v) is 8.12. The molecule has 0 bridgehead atoms. The van der Waals surface area contributed by atoms with E-state index in [2.05, 4.69) is 54.2 Å². The largest absolute Gasteiger partial charge is 0.491 e. The van der Waals surface area contributed by atoms with Gasteiger partial charge in [-0.3, -0.25) is 4.99 Å². The summed E-state index contributed by atoms with van der Waals surface area (Å²) in [7, 11) is 0. The van der Waals surface area contributed by atoms with Crippen molar-refractivity contribution in [2.24, 2.45) is 4.99 Å². The summed E-state index contributed by atoms with van der Waals surface area (Å²) in [5.41, 5.74) is 5.25. The predicted octanol–water partition coefficient (Wildman–Crippen LogP) is 7.68. The maximum Gasteiger partial charge on any atom is 0.144 e. The molecule has 3 rings (SSSR count). The van der Waals surface area contributed by atoms with Gasteiger partial charge >= 0.3 is 0 Å². The van der Waals surface area contributed by atoms with Crippen LogP contribution >= 0.6 is 0 Å². The second kappa shape index (κ2) is 12.3. The maximum atomic E-state index is 5.97. The van der Waals surface area contributed by atoms with Gasteiger partial charge in [-0.25, -0.2) is 0 Å². The number of aromatic amines is 2. The van der Waals surface area contributed by atoms with E-state index in [9.17, 15) is 0 Å². The lowest BCUT2D eigenvalue weighted by Crippen LogP contribution is -1.95. The molecule has 4 nitrogen and oxygen atoms in total. The first-order valence-electron chi connectivity index (χ1n) is 11.8. The molecule has 2 aromatic heterocycles. The zero-order chi connectivity index (χ0) is 21.0. The molecule has 1 aliphatic heterocycles. The highest BCUT2D eigenvalue weighted by Gasteiger charge is 2.12. The molecule has 0 aromatic carbocycles. The summed E-state index contributed by atoms with van der Waals surface area (Å²) < 4.78 is 5.97. The molecule has 0 amide bonds. The lowest BCUT2D eigenvalue weighted by Gasteiger charge is -2.03. The lowest BCUT2D eigenvalue weighted by atomic mass is 10.1. The number of rotatable bonds is 14. The quantitative estimate of drug-likeness (QED) is 0.310. The summed E-state index contributed by atoms with van der Waals surface area (Å²) in [6.07, 6.45) is 21.1. The molecular weight excluding hydrogens is 370 g/mol. The number of ether oxygens (including phenoxy) is 1. The Morgan fingerprint density at radius 1 is 0.933 bits per heavy atom. The van der Waals surface area contributed by atoms with Gasteiger partial charge < -0.3 is 14.7 Å². The molecule has 4 heteroatoms. The van der Waals surface area contributed by atoms with Gasteiger partial charge in [0.1, 0.15) is 5.75 Å². The van der Waals surface area contributed by atoms with Crippen molar-refractivity contribution in [3.63, 3.8) is 0 Å². The molecule has 2 N–H and O–H groups in total. The van der Waals surface area contributed by atoms with Crippen LogP contribution in [-0.2, 0) is 0 Å². The molecular formula is C26H37N3O. The summed E-state index contributed by atoms with van der Waals surface area (Å²) in [6, 6.07) is 6.13. The molecule has 0 radical (unpaired) electrons. The van der Waals surface area contributed by atoms with Gasteiger partial charge in [-0.05, 0) is 49.6 Å². The third-order valence-electron chi connectivity index (χ3n) is 5.46. The van der Waals surface area contributed by atoms with E-state index in [0.29, 0.717) is 6.61 Å². The van der Waals surface area contributed by atoms with Crippen LogP contribution in [0.2, 0.25) is 0 Å². The van der Waals surface area contributed by atoms with Crippen molar-refractivity contribution in [1.82, 2.24) is 9.97 Å². The summed E-state index contributed by atoms with van der Waals surface area (Å²) >= 11 is 0. The molecule has 0 saturated heterocycles. The van der Waals surface area contributed by atoms with Crippen LogP contribution in [0, 0.1) is 0 Å². The fraction of sp³-hybridized carbons (Fsp3) is 0.500. The monoisotopic (exact) mass is 407 g/mol. The van der Waals surface area contributed by atoms with Crippen molar-refractivity contribution >= 4 is 11.8 Å². The molecule has 1 aliphatic rings. The van der Waals surface area contributed by atoms with Gasteiger partial charge in [0, 0.05) is 18.0 Å². The van der Waals surface area contributed by atoms with E-state index in [0.717, 1.165) is 41.4 Å². The van der Waals surface area contributed by atoms with Crippen LogP contribution in [0.3, 0.4) is 0 Å². The third kappa shape index (κ3) is 6.79. The molecule has 0 aliphatic carbocycles. The van der Waals surface area contributed by atoms with Gasteiger partial charge in [-0.1, -0.05) is 58.8 Å². The predicted molar refractivity (Wildman–Crippen MR) is 128 cm³/mol. The van der Waals surface area contributed by atoms with Gasteiger partial charge in [0.05, 0.1) is 29.4 Å². The normalized spacial score (nSPS) is 14.6. The average molecular weight is 408 g/mol. The summed E-state index contributed by atoms with van der Waals surface area (Å²) in [5.74, 6) is 0.883. The molecule has 0 spiro atoms. The number of aliphatic imine (C=N–C) groups is 1. The van der Waals surface area contributed by atoms with Crippen molar-refractivity contribution in [3.8, 4) is 17.1 Å². The number of unbranched alkanes of at least 4 members (excludes halogenated alkanes) is 7. The van der Waals surface area contributed by atoms with Gasteiger partial charge in [-0.2, -0.15) is 0 Å². The lowest BCUT2D eigenvalue weighted by molar-refractivity contribution is 0.317. The Morgan fingerprint density at radius 2 is 1.73 bits per heavy atom. The smallest absolute Gasteiger partial charge is 0.144 e. The molecule has 3 heterocycles. The van der Waals surface area contributed by atoms with E-state index >= 15 is 0 Å². The van der Waals surface area contributed by atoms with Crippen LogP contribution in [0.1, 0.15) is 83.7 Å². The Morgan fingerprint density at radius 3 is 2.47 bits per heavy atom. The van der Waals surface area contributed by atoms with Gasteiger partial charge in [0.15, 0.2) is 0 Å². The summed E-state index contributed by atoms with van der Waals surface area (Å²) in [6.45, 7) is 5.10. The van der Waals surface area contributed by atoms with Crippen LogP contribution in [0.25, 0.3) is 17.5 Å². The highest BCUT2D eigenvalue weighted by molar-refractivity contribution is 5.99. The minimum absolute atomic E-state index is 0.709. The number of nitrogens with zero attached hydrogens (tertiary/aromatic N) is 1. The molecule has 0 atom stereocenters. The minimum Gasteiger partial charge on any atom is -0.491 e. The topological polar surface area (TPSA) is 53.2 Å². The highest BCUT2D eigenvalue weighted by Crippen LogP contribution is 2.29. The first-order chi connectivity index (χ1) is 14.8.